The Hall–Kier alpha value is -2.30. The average Bonchev–Trinajstić information content (AvgIpc) is 2.43. The fourth-order valence-corrected chi connectivity index (χ4v) is 2.85. The van der Waals surface area contributed by atoms with Crippen LogP contribution in [-0.4, -0.2) is 8.42 Å². The van der Waals surface area contributed by atoms with Crippen LogP contribution in [0, 0.1) is 17.1 Å². The number of nitrogens with two attached hydrogens (primary N) is 1. The molecule has 0 spiro atoms. The van der Waals surface area contributed by atoms with Gasteiger partial charge in [0.2, 0.25) is 0 Å². The standard InChI is InChI=1S/C13H9ClFN3O2S/c14-9-1-4-12(17)13(6-9)18-21(19,20)10-2-3-11(15)8(5-10)7-16/h1-6,18H,17H2. The summed E-state index contributed by atoms with van der Waals surface area (Å²) in [5.41, 5.74) is 5.58. The predicted molar refractivity (Wildman–Crippen MR) is 77.8 cm³/mol. The molecule has 3 N–H and O–H groups in total. The molecule has 2 aromatic rings. The second-order valence-electron chi connectivity index (χ2n) is 4.09. The van der Waals surface area contributed by atoms with Crippen molar-refractivity contribution in [3.8, 4) is 6.07 Å². The Morgan fingerprint density at radius 1 is 1.24 bits per heavy atom. The maximum Gasteiger partial charge on any atom is 0.262 e. The third-order valence-corrected chi connectivity index (χ3v) is 4.23. The van der Waals surface area contributed by atoms with E-state index < -0.39 is 15.8 Å². The monoisotopic (exact) mass is 325 g/mol. The van der Waals surface area contributed by atoms with Crippen molar-refractivity contribution in [2.45, 2.75) is 4.90 Å². The largest absolute Gasteiger partial charge is 0.397 e. The summed E-state index contributed by atoms with van der Waals surface area (Å²) in [6.07, 6.45) is 0. The van der Waals surface area contributed by atoms with Crippen LogP contribution >= 0.6 is 11.6 Å². The van der Waals surface area contributed by atoms with Gasteiger partial charge in [0.1, 0.15) is 11.9 Å². The minimum absolute atomic E-state index is 0.102. The van der Waals surface area contributed by atoms with Crippen LogP contribution in [0.1, 0.15) is 5.56 Å². The van der Waals surface area contributed by atoms with E-state index >= 15 is 0 Å². The van der Waals surface area contributed by atoms with Gasteiger partial charge in [0.15, 0.2) is 0 Å². The molecule has 0 saturated heterocycles. The smallest absolute Gasteiger partial charge is 0.262 e. The maximum atomic E-state index is 13.2. The molecular formula is C13H9ClFN3O2S. The molecule has 0 atom stereocenters. The van der Waals surface area contributed by atoms with Crippen molar-refractivity contribution in [2.75, 3.05) is 10.5 Å². The van der Waals surface area contributed by atoms with Crippen molar-refractivity contribution in [3.05, 3.63) is 52.8 Å². The van der Waals surface area contributed by atoms with Gasteiger partial charge in [0.05, 0.1) is 21.8 Å². The van der Waals surface area contributed by atoms with E-state index in [-0.39, 0.29) is 21.8 Å². The van der Waals surface area contributed by atoms with Crippen molar-refractivity contribution >= 4 is 33.0 Å². The lowest BCUT2D eigenvalue weighted by atomic mass is 10.2. The summed E-state index contributed by atoms with van der Waals surface area (Å²) in [5, 5.41) is 9.04. The highest BCUT2D eigenvalue weighted by atomic mass is 35.5. The number of nitrogens with one attached hydrogen (secondary N) is 1. The Labute approximate surface area is 125 Å². The first-order valence-corrected chi connectivity index (χ1v) is 7.47. The van der Waals surface area contributed by atoms with Gasteiger partial charge in [0.25, 0.3) is 10.0 Å². The average molecular weight is 326 g/mol. The molecule has 0 aromatic heterocycles. The lowest BCUT2D eigenvalue weighted by Crippen LogP contribution is -2.14. The summed E-state index contributed by atoms with van der Waals surface area (Å²) < 4.78 is 39.9. The molecule has 21 heavy (non-hydrogen) atoms. The number of nitrogens with zero attached hydrogens (tertiary/aromatic N) is 1. The van der Waals surface area contributed by atoms with E-state index in [1.807, 2.05) is 0 Å². The zero-order chi connectivity index (χ0) is 15.6. The van der Waals surface area contributed by atoms with Crippen LogP contribution in [0.25, 0.3) is 0 Å². The molecule has 8 heteroatoms. The molecule has 0 radical (unpaired) electrons. The number of sulfonamides is 1. The molecule has 5 nitrogen and oxygen atoms in total. The number of hydrogen-bond donors (Lipinski definition) is 2. The van der Waals surface area contributed by atoms with Crippen LogP contribution in [0.4, 0.5) is 15.8 Å². The Bertz CT molecular complexity index is 847. The summed E-state index contributed by atoms with van der Waals surface area (Å²) in [7, 11) is -4.01. The fourth-order valence-electron chi connectivity index (χ4n) is 1.58. The van der Waals surface area contributed by atoms with E-state index in [9.17, 15) is 12.8 Å². The molecule has 0 heterocycles. The van der Waals surface area contributed by atoms with E-state index in [2.05, 4.69) is 4.72 Å². The number of nitrogen functional groups attached to an aromatic ring is 1. The van der Waals surface area contributed by atoms with Gasteiger partial charge in [-0.25, -0.2) is 12.8 Å². The molecule has 0 unspecified atom stereocenters. The summed E-state index contributed by atoms with van der Waals surface area (Å²) in [5.74, 6) is -0.793. The molecule has 0 amide bonds. The quantitative estimate of drug-likeness (QED) is 0.848. The first kappa shape index (κ1) is 15.1. The Morgan fingerprint density at radius 2 is 1.95 bits per heavy atom. The summed E-state index contributed by atoms with van der Waals surface area (Å²) >= 11 is 5.78. The molecule has 2 rings (SSSR count). The third kappa shape index (κ3) is 3.24. The molecular weight excluding hydrogens is 317 g/mol. The topological polar surface area (TPSA) is 96.0 Å². The Morgan fingerprint density at radius 3 is 2.62 bits per heavy atom. The lowest BCUT2D eigenvalue weighted by molar-refractivity contribution is 0.599. The van der Waals surface area contributed by atoms with Crippen LogP contribution in [0.2, 0.25) is 5.02 Å². The normalized spacial score (nSPS) is 10.9. The van der Waals surface area contributed by atoms with Gasteiger partial charge in [-0.3, -0.25) is 4.72 Å². The summed E-state index contributed by atoms with van der Waals surface area (Å²) in [6, 6.07) is 8.80. The second kappa shape index (κ2) is 5.60. The SMILES string of the molecule is N#Cc1cc(S(=O)(=O)Nc2cc(Cl)ccc2N)ccc1F. The van der Waals surface area contributed by atoms with Crippen molar-refractivity contribution in [1.82, 2.24) is 0 Å². The number of hydrogen-bond acceptors (Lipinski definition) is 4. The van der Waals surface area contributed by atoms with Crippen LogP contribution in [0.3, 0.4) is 0 Å². The zero-order valence-corrected chi connectivity index (χ0v) is 12.0. The number of rotatable bonds is 3. The van der Waals surface area contributed by atoms with Crippen molar-refractivity contribution in [2.24, 2.45) is 0 Å². The molecule has 0 aliphatic carbocycles. The number of anilines is 2. The minimum Gasteiger partial charge on any atom is -0.397 e. The van der Waals surface area contributed by atoms with E-state index in [4.69, 9.17) is 22.6 Å². The Kier molecular flexibility index (Phi) is 4.02. The van der Waals surface area contributed by atoms with Crippen molar-refractivity contribution in [1.29, 1.82) is 5.26 Å². The van der Waals surface area contributed by atoms with Crippen LogP contribution in [0.15, 0.2) is 41.3 Å². The molecule has 0 aliphatic heterocycles. The van der Waals surface area contributed by atoms with Crippen molar-refractivity contribution in [3.63, 3.8) is 0 Å². The minimum atomic E-state index is -4.01. The zero-order valence-electron chi connectivity index (χ0n) is 10.5. The van der Waals surface area contributed by atoms with Gasteiger partial charge >= 0.3 is 0 Å². The highest BCUT2D eigenvalue weighted by Crippen LogP contribution is 2.26. The molecule has 0 saturated carbocycles. The van der Waals surface area contributed by atoms with Gasteiger partial charge in [-0.2, -0.15) is 5.26 Å². The first-order valence-electron chi connectivity index (χ1n) is 5.61. The van der Waals surface area contributed by atoms with E-state index in [0.29, 0.717) is 5.02 Å². The summed E-state index contributed by atoms with van der Waals surface area (Å²) in [6.45, 7) is 0. The van der Waals surface area contributed by atoms with Gasteiger partial charge < -0.3 is 5.73 Å². The highest BCUT2D eigenvalue weighted by Gasteiger charge is 2.17. The predicted octanol–water partition coefficient (Wildman–Crippen LogP) is 2.73. The highest BCUT2D eigenvalue weighted by molar-refractivity contribution is 7.92. The molecule has 0 fully saturated rings. The van der Waals surface area contributed by atoms with Gasteiger partial charge in [-0.05, 0) is 36.4 Å². The number of halogens is 2. The first-order chi connectivity index (χ1) is 9.83. The van der Waals surface area contributed by atoms with E-state index in [1.54, 1.807) is 6.07 Å². The van der Waals surface area contributed by atoms with Gasteiger partial charge in [0, 0.05) is 5.02 Å². The Balaban J connectivity index is 2.44. The summed E-state index contributed by atoms with van der Waals surface area (Å²) in [4.78, 5) is -0.250. The van der Waals surface area contributed by atoms with Crippen LogP contribution in [0.5, 0.6) is 0 Å². The number of nitriles is 1. The second-order valence-corrected chi connectivity index (χ2v) is 6.21. The molecule has 0 bridgehead atoms. The molecule has 0 aliphatic rings. The van der Waals surface area contributed by atoms with Crippen molar-refractivity contribution < 1.29 is 12.8 Å². The van der Waals surface area contributed by atoms with Crippen LogP contribution in [-0.2, 0) is 10.0 Å². The lowest BCUT2D eigenvalue weighted by Gasteiger charge is -2.11. The van der Waals surface area contributed by atoms with Gasteiger partial charge in [-0.15, -0.1) is 0 Å². The number of benzene rings is 2. The van der Waals surface area contributed by atoms with E-state index in [1.165, 1.54) is 18.2 Å². The molecule has 2 aromatic carbocycles. The van der Waals surface area contributed by atoms with Gasteiger partial charge in [-0.1, -0.05) is 11.6 Å². The third-order valence-electron chi connectivity index (χ3n) is 2.63. The fraction of sp³-hybridized carbons (Fsp3) is 0. The molecule has 108 valence electrons. The van der Waals surface area contributed by atoms with Crippen LogP contribution < -0.4 is 10.5 Å². The maximum absolute atomic E-state index is 13.2. The van der Waals surface area contributed by atoms with E-state index in [0.717, 1.165) is 18.2 Å².